The molecule has 2 heterocycles. The molecule has 0 fully saturated rings. The summed E-state index contributed by atoms with van der Waals surface area (Å²) in [7, 11) is 4.33. The predicted octanol–water partition coefficient (Wildman–Crippen LogP) is 4.06. The van der Waals surface area contributed by atoms with Crippen LogP contribution < -0.4 is 26.1 Å². The van der Waals surface area contributed by atoms with Crippen molar-refractivity contribution in [1.82, 2.24) is 24.1 Å². The Morgan fingerprint density at radius 1 is 1.05 bits per heavy atom. The van der Waals surface area contributed by atoms with Crippen LogP contribution >= 0.6 is 23.2 Å². The number of nitrogens with zero attached hydrogens (tertiary/aromatic N) is 5. The van der Waals surface area contributed by atoms with Crippen LogP contribution in [0.1, 0.15) is 21.5 Å². The summed E-state index contributed by atoms with van der Waals surface area (Å²) in [6.07, 6.45) is 1.39. The van der Waals surface area contributed by atoms with Gasteiger partial charge in [-0.1, -0.05) is 41.4 Å². The highest BCUT2D eigenvalue weighted by atomic mass is 35.5. The first-order valence-electron chi connectivity index (χ1n) is 12.7. The molecule has 0 radical (unpaired) electrons. The summed E-state index contributed by atoms with van der Waals surface area (Å²) >= 11 is 12.5. The second-order valence-corrected chi connectivity index (χ2v) is 10.2. The monoisotopic (exact) mass is 622 g/mol. The van der Waals surface area contributed by atoms with Crippen molar-refractivity contribution in [1.29, 1.82) is 0 Å². The number of fused-ring (bicyclic) bond motifs is 1. The number of imidazole rings is 1. The molecule has 0 unspecified atom stereocenters. The molecule has 12 nitrogen and oxygen atoms in total. The normalized spacial score (nSPS) is 11.3. The van der Waals surface area contributed by atoms with Gasteiger partial charge in [0.05, 0.1) is 25.4 Å². The molecule has 0 saturated carbocycles. The largest absolute Gasteiger partial charge is 0.507 e. The highest BCUT2D eigenvalue weighted by Crippen LogP contribution is 2.34. The maximum atomic E-state index is 13.2. The molecule has 3 aromatic carbocycles. The lowest BCUT2D eigenvalue weighted by molar-refractivity contribution is 0.0952. The van der Waals surface area contributed by atoms with Crippen molar-refractivity contribution < 1.29 is 19.4 Å². The van der Waals surface area contributed by atoms with Gasteiger partial charge in [-0.2, -0.15) is 10.1 Å². The number of phenolic OH excluding ortho intramolecular Hbond substituents is 1. The molecule has 2 N–H and O–H groups in total. The zero-order chi connectivity index (χ0) is 30.8. The number of methoxy groups -OCH3 is 1. The summed E-state index contributed by atoms with van der Waals surface area (Å²) < 4.78 is 15.4. The number of benzene rings is 3. The summed E-state index contributed by atoms with van der Waals surface area (Å²) in [6.45, 7) is 0.0823. The van der Waals surface area contributed by atoms with Gasteiger partial charge in [-0.25, -0.2) is 10.2 Å². The highest BCUT2D eigenvalue weighted by molar-refractivity contribution is 6.35. The first-order valence-corrected chi connectivity index (χ1v) is 13.4. The smallest absolute Gasteiger partial charge is 0.332 e. The van der Waals surface area contributed by atoms with Crippen LogP contribution in [0.25, 0.3) is 11.2 Å². The molecule has 43 heavy (non-hydrogen) atoms. The Bertz CT molecular complexity index is 2030. The summed E-state index contributed by atoms with van der Waals surface area (Å²) in [4.78, 5) is 42.7. The summed E-state index contributed by atoms with van der Waals surface area (Å²) in [5, 5.41) is 14.6. The molecule has 1 amide bonds. The molecule has 5 aromatic rings. The van der Waals surface area contributed by atoms with Crippen molar-refractivity contribution in [3.05, 3.63) is 108 Å². The molecule has 0 aliphatic rings. The van der Waals surface area contributed by atoms with Crippen LogP contribution in [-0.4, -0.2) is 43.0 Å². The maximum Gasteiger partial charge on any atom is 0.332 e. The van der Waals surface area contributed by atoms with Gasteiger partial charge in [0.2, 0.25) is 0 Å². The van der Waals surface area contributed by atoms with Gasteiger partial charge >= 0.3 is 11.7 Å². The summed E-state index contributed by atoms with van der Waals surface area (Å²) in [5.41, 5.74) is 2.78. The Kier molecular flexibility index (Phi) is 8.24. The number of phenols is 1. The van der Waals surface area contributed by atoms with Crippen LogP contribution in [0.3, 0.4) is 0 Å². The number of rotatable bonds is 8. The Hall–Kier alpha value is -5.07. The van der Waals surface area contributed by atoms with E-state index >= 15 is 0 Å². The van der Waals surface area contributed by atoms with Crippen molar-refractivity contribution in [3.63, 3.8) is 0 Å². The van der Waals surface area contributed by atoms with E-state index < -0.39 is 17.2 Å². The maximum absolute atomic E-state index is 13.2. The number of aryl methyl sites for hydroxylation is 1. The first-order chi connectivity index (χ1) is 20.6. The van der Waals surface area contributed by atoms with E-state index in [1.165, 1.54) is 48.7 Å². The van der Waals surface area contributed by atoms with Gasteiger partial charge in [-0.3, -0.25) is 23.3 Å². The second kappa shape index (κ2) is 12.0. The van der Waals surface area contributed by atoms with E-state index in [9.17, 15) is 19.5 Å². The molecule has 0 atom stereocenters. The average molecular weight is 623 g/mol. The van der Waals surface area contributed by atoms with Gasteiger partial charge in [0.1, 0.15) is 5.75 Å². The summed E-state index contributed by atoms with van der Waals surface area (Å²) in [6, 6.07) is 16.0. The third-order valence-corrected chi connectivity index (χ3v) is 7.16. The molecule has 0 saturated heterocycles. The van der Waals surface area contributed by atoms with Crippen molar-refractivity contribution in [2.45, 2.75) is 6.54 Å². The first kappa shape index (κ1) is 29.4. The number of hydrazone groups is 1. The fraction of sp³-hybridized carbons (Fsp3) is 0.138. The quantitative estimate of drug-likeness (QED) is 0.196. The lowest BCUT2D eigenvalue weighted by Gasteiger charge is -2.13. The Labute approximate surface area is 253 Å². The Balaban J connectivity index is 1.50. The van der Waals surface area contributed by atoms with Crippen molar-refractivity contribution in [2.24, 2.45) is 19.2 Å². The number of carbonyl (C=O) groups excluding carboxylic acids is 1. The number of halogens is 2. The van der Waals surface area contributed by atoms with Crippen LogP contribution in [0.2, 0.25) is 10.0 Å². The highest BCUT2D eigenvalue weighted by Gasteiger charge is 2.22. The predicted molar refractivity (Wildman–Crippen MR) is 162 cm³/mol. The lowest BCUT2D eigenvalue weighted by atomic mass is 10.2. The number of nitrogens with one attached hydrogen (secondary N) is 1. The van der Waals surface area contributed by atoms with E-state index in [0.29, 0.717) is 26.9 Å². The second-order valence-electron chi connectivity index (χ2n) is 9.32. The Morgan fingerprint density at radius 2 is 1.81 bits per heavy atom. The number of ether oxygens (including phenoxy) is 2. The minimum atomic E-state index is -0.582. The van der Waals surface area contributed by atoms with E-state index in [2.05, 4.69) is 15.5 Å². The average Bonchev–Trinajstić information content (AvgIpc) is 3.34. The van der Waals surface area contributed by atoms with Crippen molar-refractivity contribution in [2.75, 3.05) is 7.11 Å². The van der Waals surface area contributed by atoms with Crippen LogP contribution in [0, 0.1) is 0 Å². The lowest BCUT2D eigenvalue weighted by Crippen LogP contribution is -2.37. The molecule has 220 valence electrons. The van der Waals surface area contributed by atoms with Crippen LogP contribution in [0.15, 0.2) is 75.4 Å². The fourth-order valence-electron chi connectivity index (χ4n) is 4.31. The van der Waals surface area contributed by atoms with Gasteiger partial charge in [0.25, 0.3) is 11.5 Å². The van der Waals surface area contributed by atoms with Crippen LogP contribution in [-0.2, 0) is 20.6 Å². The molecule has 0 aliphatic carbocycles. The third kappa shape index (κ3) is 5.83. The van der Waals surface area contributed by atoms with E-state index in [0.717, 1.165) is 4.57 Å². The molecular formula is C29H24Cl2N6O6. The molecule has 0 spiro atoms. The topological polar surface area (TPSA) is 142 Å². The van der Waals surface area contributed by atoms with Gasteiger partial charge in [0.15, 0.2) is 22.7 Å². The van der Waals surface area contributed by atoms with E-state index in [1.807, 2.05) is 0 Å². The zero-order valence-electron chi connectivity index (χ0n) is 23.0. The minimum Gasteiger partial charge on any atom is -0.507 e. The van der Waals surface area contributed by atoms with E-state index in [-0.39, 0.29) is 40.8 Å². The van der Waals surface area contributed by atoms with Gasteiger partial charge in [-0.15, -0.1) is 0 Å². The molecule has 2 aromatic heterocycles. The number of amides is 1. The third-order valence-electron chi connectivity index (χ3n) is 6.57. The SMILES string of the molecule is COc1cc(C=NNC(=O)c2ccccc2O)ccc1Oc1nc2c(c(=O)n(C)c(=O)n2C)n1Cc1ccc(Cl)cc1Cl. The summed E-state index contributed by atoms with van der Waals surface area (Å²) in [5.74, 6) is -0.207. The molecule has 0 bridgehead atoms. The number of hydrogen-bond acceptors (Lipinski definition) is 8. The van der Waals surface area contributed by atoms with E-state index in [1.54, 1.807) is 48.5 Å². The molecule has 0 aliphatic heterocycles. The van der Waals surface area contributed by atoms with Crippen molar-refractivity contribution >= 4 is 46.5 Å². The fourth-order valence-corrected chi connectivity index (χ4v) is 4.78. The molecular weight excluding hydrogens is 599 g/mol. The zero-order valence-corrected chi connectivity index (χ0v) is 24.6. The number of aromatic nitrogens is 4. The van der Waals surface area contributed by atoms with Crippen LogP contribution in [0.4, 0.5) is 0 Å². The number of para-hydroxylation sites is 1. The van der Waals surface area contributed by atoms with Gasteiger partial charge in [-0.05, 0) is 53.6 Å². The van der Waals surface area contributed by atoms with Gasteiger partial charge < -0.3 is 14.6 Å². The Morgan fingerprint density at radius 3 is 2.53 bits per heavy atom. The standard InChI is InChI=1S/C29H24Cl2N6O6/c1-35-25-24(27(40)36(2)29(35)41)37(15-17-9-10-18(30)13-20(17)31)28(33-25)43-22-11-8-16(12-23(22)42-3)14-32-34-26(39)19-6-4-5-7-21(19)38/h4-14,38H,15H2,1-3H3,(H,34,39). The van der Waals surface area contributed by atoms with Gasteiger partial charge in [0, 0.05) is 24.1 Å². The number of aromatic hydroxyl groups is 1. The number of hydrogen-bond donors (Lipinski definition) is 2. The van der Waals surface area contributed by atoms with Crippen molar-refractivity contribution in [3.8, 4) is 23.3 Å². The molecule has 5 rings (SSSR count). The minimum absolute atomic E-state index is 0.00830. The van der Waals surface area contributed by atoms with E-state index in [4.69, 9.17) is 32.7 Å². The number of carbonyl (C=O) groups is 1. The van der Waals surface area contributed by atoms with Crippen LogP contribution in [0.5, 0.6) is 23.3 Å². The molecule has 14 heteroatoms.